The molecule has 0 unspecified atom stereocenters. The minimum atomic E-state index is -1.48. The molecule has 4 heteroatoms. The molecule has 1 aliphatic heterocycles. The summed E-state index contributed by atoms with van der Waals surface area (Å²) in [4.78, 5) is 14.0. The van der Waals surface area contributed by atoms with E-state index in [9.17, 15) is 4.79 Å². The minimum absolute atomic E-state index is 0.291. The zero-order valence-corrected chi connectivity index (χ0v) is 11.5. The lowest BCUT2D eigenvalue weighted by atomic mass is 10.1. The summed E-state index contributed by atoms with van der Waals surface area (Å²) >= 11 is 12.4. The van der Waals surface area contributed by atoms with Crippen LogP contribution in [0.15, 0.2) is 54.6 Å². The Balaban J connectivity index is 2.02. The van der Waals surface area contributed by atoms with Gasteiger partial charge in [0, 0.05) is 5.56 Å². The van der Waals surface area contributed by atoms with Crippen molar-refractivity contribution in [1.29, 1.82) is 0 Å². The van der Waals surface area contributed by atoms with Gasteiger partial charge in [-0.05, 0) is 11.6 Å². The molecule has 0 bridgehead atoms. The number of halogens is 2. The SMILES string of the molecule is O=C1N(Cc2ccccc2)c2ccccc2C1(Cl)Cl. The van der Waals surface area contributed by atoms with E-state index in [1.807, 2.05) is 48.5 Å². The van der Waals surface area contributed by atoms with Crippen molar-refractivity contribution in [3.05, 3.63) is 65.7 Å². The van der Waals surface area contributed by atoms with E-state index in [0.29, 0.717) is 12.1 Å². The zero-order chi connectivity index (χ0) is 13.5. The van der Waals surface area contributed by atoms with E-state index in [1.54, 1.807) is 11.0 Å². The Labute approximate surface area is 121 Å². The third-order valence-corrected chi connectivity index (χ3v) is 3.96. The van der Waals surface area contributed by atoms with E-state index in [-0.39, 0.29) is 5.91 Å². The number of alkyl halides is 2. The van der Waals surface area contributed by atoms with Crippen LogP contribution in [0.4, 0.5) is 5.69 Å². The van der Waals surface area contributed by atoms with E-state index in [4.69, 9.17) is 23.2 Å². The Bertz CT molecular complexity index is 625. The summed E-state index contributed by atoms with van der Waals surface area (Å²) in [6.07, 6.45) is 0. The number of carbonyl (C=O) groups is 1. The predicted molar refractivity (Wildman–Crippen MR) is 77.5 cm³/mol. The maximum Gasteiger partial charge on any atom is 0.268 e. The monoisotopic (exact) mass is 291 g/mol. The molecule has 0 fully saturated rings. The molecule has 19 heavy (non-hydrogen) atoms. The Hall–Kier alpha value is -1.51. The van der Waals surface area contributed by atoms with E-state index in [1.165, 1.54) is 0 Å². The third-order valence-electron chi connectivity index (χ3n) is 3.23. The highest BCUT2D eigenvalue weighted by molar-refractivity contribution is 6.60. The first-order valence-corrected chi connectivity index (χ1v) is 6.69. The van der Waals surface area contributed by atoms with Crippen molar-refractivity contribution < 1.29 is 4.79 Å². The number of carbonyl (C=O) groups excluding carboxylic acids is 1. The Morgan fingerprint density at radius 1 is 0.947 bits per heavy atom. The third kappa shape index (κ3) is 2.01. The Morgan fingerprint density at radius 2 is 1.58 bits per heavy atom. The fourth-order valence-corrected chi connectivity index (χ4v) is 2.82. The van der Waals surface area contributed by atoms with E-state index < -0.39 is 4.33 Å². The summed E-state index contributed by atoms with van der Waals surface area (Å²) in [7, 11) is 0. The van der Waals surface area contributed by atoms with Gasteiger partial charge in [-0.15, -0.1) is 0 Å². The molecular formula is C15H11Cl2NO. The smallest absolute Gasteiger partial charge is 0.268 e. The number of fused-ring (bicyclic) bond motifs is 1. The second kappa shape index (κ2) is 4.55. The Morgan fingerprint density at radius 3 is 2.32 bits per heavy atom. The van der Waals surface area contributed by atoms with Gasteiger partial charge in [-0.1, -0.05) is 71.7 Å². The van der Waals surface area contributed by atoms with Crippen LogP contribution >= 0.6 is 23.2 Å². The fraction of sp³-hybridized carbons (Fsp3) is 0.133. The van der Waals surface area contributed by atoms with Gasteiger partial charge < -0.3 is 4.90 Å². The summed E-state index contributed by atoms with van der Waals surface area (Å²) in [5.74, 6) is -0.291. The molecule has 1 amide bonds. The van der Waals surface area contributed by atoms with Crippen LogP contribution in [0.5, 0.6) is 0 Å². The molecule has 0 radical (unpaired) electrons. The molecule has 96 valence electrons. The topological polar surface area (TPSA) is 20.3 Å². The molecule has 2 aromatic rings. The first-order chi connectivity index (χ1) is 9.10. The number of hydrogen-bond donors (Lipinski definition) is 0. The van der Waals surface area contributed by atoms with Crippen LogP contribution in [0.2, 0.25) is 0 Å². The normalized spacial score (nSPS) is 16.5. The Kier molecular flexibility index (Phi) is 3.00. The van der Waals surface area contributed by atoms with Gasteiger partial charge in [0.1, 0.15) is 0 Å². The molecule has 1 heterocycles. The first-order valence-electron chi connectivity index (χ1n) is 5.94. The van der Waals surface area contributed by atoms with Crippen LogP contribution in [-0.2, 0) is 15.7 Å². The summed E-state index contributed by atoms with van der Waals surface area (Å²) in [5.41, 5.74) is 2.47. The quantitative estimate of drug-likeness (QED) is 0.770. The number of nitrogens with zero attached hydrogens (tertiary/aromatic N) is 1. The molecule has 0 atom stereocenters. The molecule has 0 spiro atoms. The van der Waals surface area contributed by atoms with Gasteiger partial charge in [-0.25, -0.2) is 0 Å². The molecule has 0 saturated carbocycles. The molecule has 1 aliphatic rings. The number of para-hydroxylation sites is 1. The molecule has 0 aromatic heterocycles. The van der Waals surface area contributed by atoms with E-state index >= 15 is 0 Å². The largest absolute Gasteiger partial charge is 0.305 e. The molecule has 0 aliphatic carbocycles. The number of amides is 1. The van der Waals surface area contributed by atoms with Crippen molar-refractivity contribution in [3.8, 4) is 0 Å². The van der Waals surface area contributed by atoms with Crippen LogP contribution in [0.1, 0.15) is 11.1 Å². The summed E-state index contributed by atoms with van der Waals surface area (Å²) in [5, 5.41) is 0. The summed E-state index contributed by atoms with van der Waals surface area (Å²) in [6, 6.07) is 17.1. The van der Waals surface area contributed by atoms with Crippen molar-refractivity contribution >= 4 is 34.8 Å². The van der Waals surface area contributed by atoms with Gasteiger partial charge in [0.15, 0.2) is 0 Å². The molecule has 2 nitrogen and oxygen atoms in total. The molecular weight excluding hydrogens is 281 g/mol. The lowest BCUT2D eigenvalue weighted by Gasteiger charge is -2.18. The second-order valence-corrected chi connectivity index (χ2v) is 5.80. The predicted octanol–water partition coefficient (Wildman–Crippen LogP) is 3.86. The van der Waals surface area contributed by atoms with Crippen LogP contribution < -0.4 is 4.90 Å². The van der Waals surface area contributed by atoms with Crippen molar-refractivity contribution in [3.63, 3.8) is 0 Å². The van der Waals surface area contributed by atoms with Crippen LogP contribution in [0, 0.1) is 0 Å². The van der Waals surface area contributed by atoms with Crippen molar-refractivity contribution in [2.75, 3.05) is 4.90 Å². The molecule has 3 rings (SSSR count). The van der Waals surface area contributed by atoms with Crippen molar-refractivity contribution in [2.45, 2.75) is 10.9 Å². The second-order valence-electron chi connectivity index (χ2n) is 4.47. The number of anilines is 1. The highest BCUT2D eigenvalue weighted by Crippen LogP contribution is 2.47. The van der Waals surface area contributed by atoms with Gasteiger partial charge in [-0.3, -0.25) is 4.79 Å². The highest BCUT2D eigenvalue weighted by atomic mass is 35.5. The first kappa shape index (κ1) is 12.5. The standard InChI is InChI=1S/C15H11Cl2NO/c16-15(17)12-8-4-5-9-13(12)18(14(15)19)10-11-6-2-1-3-7-11/h1-9H,10H2. The summed E-state index contributed by atoms with van der Waals surface area (Å²) in [6.45, 7) is 0.470. The van der Waals surface area contributed by atoms with Crippen LogP contribution in [-0.4, -0.2) is 5.91 Å². The average molecular weight is 292 g/mol. The number of benzene rings is 2. The van der Waals surface area contributed by atoms with Crippen molar-refractivity contribution in [2.24, 2.45) is 0 Å². The van der Waals surface area contributed by atoms with Gasteiger partial charge in [-0.2, -0.15) is 0 Å². The number of hydrogen-bond acceptors (Lipinski definition) is 1. The lowest BCUT2D eigenvalue weighted by molar-refractivity contribution is -0.118. The molecule has 2 aromatic carbocycles. The highest BCUT2D eigenvalue weighted by Gasteiger charge is 2.48. The van der Waals surface area contributed by atoms with E-state index in [2.05, 4.69) is 0 Å². The van der Waals surface area contributed by atoms with Crippen LogP contribution in [0.3, 0.4) is 0 Å². The van der Waals surface area contributed by atoms with Gasteiger partial charge >= 0.3 is 0 Å². The number of rotatable bonds is 2. The van der Waals surface area contributed by atoms with Gasteiger partial charge in [0.25, 0.3) is 5.91 Å². The maximum atomic E-state index is 12.4. The fourth-order valence-electron chi connectivity index (χ4n) is 2.29. The molecule has 0 N–H and O–H groups in total. The van der Waals surface area contributed by atoms with Gasteiger partial charge in [0.05, 0.1) is 12.2 Å². The lowest BCUT2D eigenvalue weighted by Crippen LogP contribution is -2.32. The minimum Gasteiger partial charge on any atom is -0.305 e. The van der Waals surface area contributed by atoms with Crippen LogP contribution in [0.25, 0.3) is 0 Å². The summed E-state index contributed by atoms with van der Waals surface area (Å²) < 4.78 is -1.48. The van der Waals surface area contributed by atoms with Crippen molar-refractivity contribution in [1.82, 2.24) is 0 Å². The molecule has 0 saturated heterocycles. The zero-order valence-electron chi connectivity index (χ0n) is 10.0. The average Bonchev–Trinajstić information content (AvgIpc) is 2.62. The van der Waals surface area contributed by atoms with Gasteiger partial charge in [0.2, 0.25) is 4.33 Å². The van der Waals surface area contributed by atoms with E-state index in [0.717, 1.165) is 11.3 Å². The maximum absolute atomic E-state index is 12.4.